The van der Waals surface area contributed by atoms with E-state index in [0.717, 1.165) is 12.8 Å². The lowest BCUT2D eigenvalue weighted by molar-refractivity contribution is -0.385. The van der Waals surface area contributed by atoms with E-state index in [9.17, 15) is 25.1 Å². The fourth-order valence-electron chi connectivity index (χ4n) is 3.36. The predicted octanol–water partition coefficient (Wildman–Crippen LogP) is 2.04. The average molecular weight is 350 g/mol. The van der Waals surface area contributed by atoms with Gasteiger partial charge in [0, 0.05) is 24.6 Å². The molecule has 7 nitrogen and oxygen atoms in total. The van der Waals surface area contributed by atoms with Crippen molar-refractivity contribution >= 4 is 11.6 Å². The summed E-state index contributed by atoms with van der Waals surface area (Å²) in [6.07, 6.45) is 3.46. The monoisotopic (exact) mass is 350 g/mol. The van der Waals surface area contributed by atoms with Crippen LogP contribution in [0.4, 0.5) is 5.69 Å². The summed E-state index contributed by atoms with van der Waals surface area (Å²) in [7, 11) is 0. The van der Waals surface area contributed by atoms with Crippen molar-refractivity contribution in [1.82, 2.24) is 4.90 Å². The first kappa shape index (κ1) is 19.3. The van der Waals surface area contributed by atoms with Gasteiger partial charge >= 0.3 is 0 Å². The van der Waals surface area contributed by atoms with Crippen molar-refractivity contribution < 1.29 is 19.9 Å². The van der Waals surface area contributed by atoms with Gasteiger partial charge in [0.05, 0.1) is 23.7 Å². The number of aliphatic hydroxyl groups excluding tert-OH is 2. The molecule has 1 aliphatic rings. The lowest BCUT2D eigenvalue weighted by Gasteiger charge is -2.23. The molecule has 1 saturated heterocycles. The number of nitro benzene ring substituents is 1. The van der Waals surface area contributed by atoms with Crippen molar-refractivity contribution in [2.45, 2.75) is 57.1 Å². The molecule has 0 bridgehead atoms. The number of nitrogens with zero attached hydrogens (tertiary/aromatic N) is 2. The minimum absolute atomic E-state index is 0.00977. The summed E-state index contributed by atoms with van der Waals surface area (Å²) in [6.45, 7) is 0.669. The lowest BCUT2D eigenvalue weighted by atomic mass is 10.0. The maximum atomic E-state index is 12.2. The third kappa shape index (κ3) is 5.51. The Labute approximate surface area is 147 Å². The van der Waals surface area contributed by atoms with Crippen molar-refractivity contribution in [3.05, 3.63) is 39.9 Å². The Kier molecular flexibility index (Phi) is 7.33. The van der Waals surface area contributed by atoms with Crippen LogP contribution in [0.2, 0.25) is 0 Å². The Morgan fingerprint density at radius 1 is 1.36 bits per heavy atom. The van der Waals surface area contributed by atoms with Crippen molar-refractivity contribution in [1.29, 1.82) is 0 Å². The minimum atomic E-state index is -0.595. The summed E-state index contributed by atoms with van der Waals surface area (Å²) in [6, 6.07) is 6.54. The van der Waals surface area contributed by atoms with Crippen LogP contribution in [0.3, 0.4) is 0 Å². The standard InChI is InChI=1S/C18H26N2O5/c21-13-15-7-4-12-19(15)18(23)11-10-16(22)8-3-6-14-5-1-2-9-17(14)20(24)25/h1-2,5,9,15-16,21-22H,3-4,6-8,10-13H2/t15-,16?/m0/s1. The number of carbonyl (C=O) groups excluding carboxylic acids is 1. The number of amides is 1. The summed E-state index contributed by atoms with van der Waals surface area (Å²) in [5.41, 5.74) is 0.773. The molecule has 2 atom stereocenters. The number of nitro groups is 1. The van der Waals surface area contributed by atoms with E-state index in [1.807, 2.05) is 0 Å². The van der Waals surface area contributed by atoms with Crippen LogP contribution in [0.1, 0.15) is 44.1 Å². The molecule has 138 valence electrons. The van der Waals surface area contributed by atoms with Crippen LogP contribution in [0, 0.1) is 10.1 Å². The Hall–Kier alpha value is -1.99. The number of likely N-dealkylation sites (tertiary alicyclic amines) is 1. The van der Waals surface area contributed by atoms with Gasteiger partial charge in [-0.15, -0.1) is 0 Å². The normalized spacial score (nSPS) is 18.3. The second kappa shape index (κ2) is 9.48. The molecule has 2 N–H and O–H groups in total. The zero-order valence-corrected chi connectivity index (χ0v) is 14.3. The van der Waals surface area contributed by atoms with E-state index in [2.05, 4.69) is 0 Å². The summed E-state index contributed by atoms with van der Waals surface area (Å²) < 4.78 is 0. The van der Waals surface area contributed by atoms with Crippen LogP contribution in [0.15, 0.2) is 24.3 Å². The number of benzene rings is 1. The van der Waals surface area contributed by atoms with E-state index in [0.29, 0.717) is 37.8 Å². The molecule has 1 aromatic rings. The van der Waals surface area contributed by atoms with E-state index in [-0.39, 0.29) is 30.7 Å². The number of aryl methyl sites for hydroxylation is 1. The van der Waals surface area contributed by atoms with Crippen molar-refractivity contribution in [2.75, 3.05) is 13.2 Å². The highest BCUT2D eigenvalue weighted by Crippen LogP contribution is 2.21. The number of aliphatic hydroxyl groups is 2. The molecule has 1 heterocycles. The number of carbonyl (C=O) groups is 1. The second-order valence-corrected chi connectivity index (χ2v) is 6.54. The summed E-state index contributed by atoms with van der Waals surface area (Å²) >= 11 is 0. The van der Waals surface area contributed by atoms with Crippen LogP contribution in [-0.2, 0) is 11.2 Å². The fraction of sp³-hybridized carbons (Fsp3) is 0.611. The Morgan fingerprint density at radius 2 is 2.12 bits per heavy atom. The number of hydrogen-bond acceptors (Lipinski definition) is 5. The summed E-state index contributed by atoms with van der Waals surface area (Å²) in [5, 5.41) is 30.3. The van der Waals surface area contributed by atoms with Gasteiger partial charge in [-0.25, -0.2) is 0 Å². The maximum absolute atomic E-state index is 12.2. The Balaban J connectivity index is 1.72. The van der Waals surface area contributed by atoms with Gasteiger partial charge in [-0.05, 0) is 38.5 Å². The molecule has 0 aromatic heterocycles. The number of rotatable bonds is 9. The highest BCUT2D eigenvalue weighted by atomic mass is 16.6. The molecular weight excluding hydrogens is 324 g/mol. The Morgan fingerprint density at radius 3 is 2.84 bits per heavy atom. The molecule has 1 amide bonds. The minimum Gasteiger partial charge on any atom is -0.394 e. The first-order valence-electron chi connectivity index (χ1n) is 8.83. The molecule has 2 rings (SSSR count). The van der Waals surface area contributed by atoms with Crippen LogP contribution >= 0.6 is 0 Å². The van der Waals surface area contributed by atoms with Gasteiger partial charge in [-0.1, -0.05) is 18.2 Å². The van der Waals surface area contributed by atoms with E-state index >= 15 is 0 Å². The van der Waals surface area contributed by atoms with Crippen LogP contribution in [0.25, 0.3) is 0 Å². The molecule has 0 saturated carbocycles. The molecule has 7 heteroatoms. The van der Waals surface area contributed by atoms with Crippen molar-refractivity contribution in [3.8, 4) is 0 Å². The summed E-state index contributed by atoms with van der Waals surface area (Å²) in [4.78, 5) is 24.4. The Bertz CT molecular complexity index is 593. The fourth-order valence-corrected chi connectivity index (χ4v) is 3.36. The van der Waals surface area contributed by atoms with Gasteiger partial charge in [-0.2, -0.15) is 0 Å². The zero-order chi connectivity index (χ0) is 18.2. The number of para-hydroxylation sites is 1. The summed E-state index contributed by atoms with van der Waals surface area (Å²) in [5.74, 6) is -0.0192. The van der Waals surface area contributed by atoms with Crippen molar-refractivity contribution in [3.63, 3.8) is 0 Å². The van der Waals surface area contributed by atoms with Gasteiger partial charge in [0.1, 0.15) is 0 Å². The first-order chi connectivity index (χ1) is 12.0. The highest BCUT2D eigenvalue weighted by molar-refractivity contribution is 5.76. The molecule has 0 aliphatic carbocycles. The van der Waals surface area contributed by atoms with Crippen molar-refractivity contribution in [2.24, 2.45) is 0 Å². The highest BCUT2D eigenvalue weighted by Gasteiger charge is 2.27. The van der Waals surface area contributed by atoms with Crippen LogP contribution in [0.5, 0.6) is 0 Å². The third-order valence-corrected chi connectivity index (χ3v) is 4.77. The SMILES string of the molecule is O=C(CCC(O)CCCc1ccccc1[N+](=O)[O-])N1CCC[C@H]1CO. The lowest BCUT2D eigenvalue weighted by Crippen LogP contribution is -2.37. The average Bonchev–Trinajstić information content (AvgIpc) is 3.08. The van der Waals surface area contributed by atoms with Gasteiger partial charge in [0.2, 0.25) is 5.91 Å². The molecule has 1 unspecified atom stereocenters. The smallest absolute Gasteiger partial charge is 0.272 e. The first-order valence-corrected chi connectivity index (χ1v) is 8.83. The molecule has 25 heavy (non-hydrogen) atoms. The quantitative estimate of drug-likeness (QED) is 0.524. The molecular formula is C18H26N2O5. The van der Waals surface area contributed by atoms with E-state index in [1.165, 1.54) is 6.07 Å². The molecule has 0 radical (unpaired) electrons. The van der Waals surface area contributed by atoms with Crippen LogP contribution in [-0.4, -0.2) is 51.2 Å². The van der Waals surface area contributed by atoms with Gasteiger partial charge in [0.25, 0.3) is 5.69 Å². The number of hydrogen-bond donors (Lipinski definition) is 2. The molecule has 1 aliphatic heterocycles. The second-order valence-electron chi connectivity index (χ2n) is 6.54. The zero-order valence-electron chi connectivity index (χ0n) is 14.3. The predicted molar refractivity (Wildman–Crippen MR) is 93.1 cm³/mol. The molecule has 1 aromatic carbocycles. The third-order valence-electron chi connectivity index (χ3n) is 4.77. The van der Waals surface area contributed by atoms with Gasteiger partial charge in [0.15, 0.2) is 0 Å². The molecule has 0 spiro atoms. The molecule has 1 fully saturated rings. The van der Waals surface area contributed by atoms with E-state index in [1.54, 1.807) is 23.1 Å². The van der Waals surface area contributed by atoms with Crippen LogP contribution < -0.4 is 0 Å². The van der Waals surface area contributed by atoms with Gasteiger partial charge in [-0.3, -0.25) is 14.9 Å². The van der Waals surface area contributed by atoms with Gasteiger partial charge < -0.3 is 15.1 Å². The topological polar surface area (TPSA) is 104 Å². The van der Waals surface area contributed by atoms with E-state index < -0.39 is 11.0 Å². The van der Waals surface area contributed by atoms with E-state index in [4.69, 9.17) is 0 Å². The largest absolute Gasteiger partial charge is 0.394 e. The maximum Gasteiger partial charge on any atom is 0.272 e.